The molecule has 0 bridgehead atoms. The molecule has 2 aromatic rings. The van der Waals surface area contributed by atoms with Crippen molar-refractivity contribution in [3.8, 4) is 5.75 Å². The number of ketones is 1. The molecule has 0 saturated heterocycles. The highest BCUT2D eigenvalue weighted by molar-refractivity contribution is 6.31. The average Bonchev–Trinajstić information content (AvgIpc) is 2.37. The van der Waals surface area contributed by atoms with Crippen LogP contribution in [-0.2, 0) is 0 Å². The number of hydrogen-bond acceptors (Lipinski definition) is 2. The molecule has 0 spiro atoms. The molecular formula is C15H10Cl2O2. The summed E-state index contributed by atoms with van der Waals surface area (Å²) in [5.41, 5.74) is 1.07. The van der Waals surface area contributed by atoms with E-state index in [1.54, 1.807) is 36.4 Å². The van der Waals surface area contributed by atoms with E-state index < -0.39 is 0 Å². The number of carbonyl (C=O) groups is 1. The number of benzene rings is 2. The number of phenols is 1. The van der Waals surface area contributed by atoms with Crippen molar-refractivity contribution in [1.29, 1.82) is 0 Å². The van der Waals surface area contributed by atoms with E-state index in [0.717, 1.165) is 5.56 Å². The Morgan fingerprint density at radius 1 is 1.00 bits per heavy atom. The van der Waals surface area contributed by atoms with Gasteiger partial charge < -0.3 is 5.11 Å². The second kappa shape index (κ2) is 5.91. The van der Waals surface area contributed by atoms with Crippen molar-refractivity contribution in [2.75, 3.05) is 0 Å². The lowest BCUT2D eigenvalue weighted by Crippen LogP contribution is -1.94. The number of phenolic OH excluding ortho intramolecular Hbond substituents is 1. The summed E-state index contributed by atoms with van der Waals surface area (Å²) in [6.45, 7) is 0. The fourth-order valence-electron chi connectivity index (χ4n) is 1.55. The molecule has 0 aliphatic heterocycles. The zero-order valence-corrected chi connectivity index (χ0v) is 11.3. The Labute approximate surface area is 120 Å². The molecule has 0 fully saturated rings. The van der Waals surface area contributed by atoms with Gasteiger partial charge in [0.2, 0.25) is 0 Å². The van der Waals surface area contributed by atoms with Crippen molar-refractivity contribution in [2.45, 2.75) is 0 Å². The Hall–Kier alpha value is -1.77. The van der Waals surface area contributed by atoms with E-state index in [-0.39, 0.29) is 17.1 Å². The van der Waals surface area contributed by atoms with E-state index in [4.69, 9.17) is 23.2 Å². The Kier molecular flexibility index (Phi) is 4.25. The van der Waals surface area contributed by atoms with Crippen molar-refractivity contribution in [1.82, 2.24) is 0 Å². The van der Waals surface area contributed by atoms with Gasteiger partial charge in [0.05, 0.1) is 5.56 Å². The van der Waals surface area contributed by atoms with E-state index >= 15 is 0 Å². The van der Waals surface area contributed by atoms with Gasteiger partial charge in [0.1, 0.15) is 5.75 Å². The molecule has 96 valence electrons. The third kappa shape index (κ3) is 3.60. The lowest BCUT2D eigenvalue weighted by atomic mass is 10.1. The third-order valence-electron chi connectivity index (χ3n) is 2.52. The minimum atomic E-state index is -0.288. The highest BCUT2D eigenvalue weighted by atomic mass is 35.5. The number of aromatic hydroxyl groups is 1. The summed E-state index contributed by atoms with van der Waals surface area (Å²) in [6, 6.07) is 11.5. The first-order valence-corrected chi connectivity index (χ1v) is 6.28. The van der Waals surface area contributed by atoms with Crippen molar-refractivity contribution >= 4 is 35.1 Å². The molecule has 0 saturated carbocycles. The molecule has 2 nitrogen and oxygen atoms in total. The Balaban J connectivity index is 2.18. The van der Waals surface area contributed by atoms with E-state index in [9.17, 15) is 9.90 Å². The number of allylic oxidation sites excluding steroid dienone is 1. The van der Waals surface area contributed by atoms with Crippen LogP contribution in [0.2, 0.25) is 10.0 Å². The molecule has 0 heterocycles. The predicted octanol–water partition coefficient (Wildman–Crippen LogP) is 4.60. The van der Waals surface area contributed by atoms with Crippen LogP contribution < -0.4 is 0 Å². The highest BCUT2D eigenvalue weighted by Crippen LogP contribution is 2.22. The van der Waals surface area contributed by atoms with Gasteiger partial charge in [-0.25, -0.2) is 0 Å². The van der Waals surface area contributed by atoms with Crippen LogP contribution in [0.15, 0.2) is 48.5 Å². The minimum absolute atomic E-state index is 0.127. The van der Waals surface area contributed by atoms with E-state index in [1.807, 2.05) is 0 Å². The van der Waals surface area contributed by atoms with Gasteiger partial charge in [-0.15, -0.1) is 0 Å². The molecule has 2 rings (SSSR count). The predicted molar refractivity (Wildman–Crippen MR) is 77.9 cm³/mol. The number of hydrogen-bond donors (Lipinski definition) is 1. The van der Waals surface area contributed by atoms with Gasteiger partial charge in [-0.05, 0) is 42.0 Å². The molecule has 0 unspecified atom stereocenters. The Morgan fingerprint density at radius 2 is 1.63 bits per heavy atom. The third-order valence-corrected chi connectivity index (χ3v) is 3.01. The monoisotopic (exact) mass is 292 g/mol. The van der Waals surface area contributed by atoms with Crippen LogP contribution in [0.1, 0.15) is 15.9 Å². The lowest BCUT2D eigenvalue weighted by molar-refractivity contribution is 0.104. The van der Waals surface area contributed by atoms with E-state index in [2.05, 4.69) is 0 Å². The van der Waals surface area contributed by atoms with Crippen molar-refractivity contribution in [2.24, 2.45) is 0 Å². The minimum Gasteiger partial charge on any atom is -0.507 e. The van der Waals surface area contributed by atoms with Crippen molar-refractivity contribution in [3.05, 3.63) is 69.7 Å². The maximum Gasteiger partial charge on any atom is 0.189 e. The maximum absolute atomic E-state index is 11.9. The van der Waals surface area contributed by atoms with Gasteiger partial charge in [0, 0.05) is 10.0 Å². The molecule has 0 amide bonds. The highest BCUT2D eigenvalue weighted by Gasteiger charge is 2.08. The van der Waals surface area contributed by atoms with Gasteiger partial charge >= 0.3 is 0 Å². The average molecular weight is 293 g/mol. The fourth-order valence-corrected chi connectivity index (χ4v) is 1.84. The van der Waals surface area contributed by atoms with Gasteiger partial charge in [0.15, 0.2) is 5.78 Å². The van der Waals surface area contributed by atoms with Crippen LogP contribution >= 0.6 is 23.2 Å². The summed E-state index contributed by atoms with van der Waals surface area (Å²) in [7, 11) is 0. The number of carbonyl (C=O) groups excluding carboxylic acids is 1. The summed E-state index contributed by atoms with van der Waals surface area (Å²) in [5, 5.41) is 10.7. The second-order valence-electron chi connectivity index (χ2n) is 3.91. The van der Waals surface area contributed by atoms with Crippen LogP contribution in [0.3, 0.4) is 0 Å². The summed E-state index contributed by atoms with van der Waals surface area (Å²) >= 11 is 11.5. The summed E-state index contributed by atoms with van der Waals surface area (Å²) < 4.78 is 0. The largest absolute Gasteiger partial charge is 0.507 e. The van der Waals surface area contributed by atoms with Crippen molar-refractivity contribution < 1.29 is 9.90 Å². The molecule has 0 aliphatic carbocycles. The first kappa shape index (κ1) is 13.7. The smallest absolute Gasteiger partial charge is 0.189 e. The van der Waals surface area contributed by atoms with Gasteiger partial charge in [-0.2, -0.15) is 0 Å². The molecule has 1 N–H and O–H groups in total. The zero-order valence-electron chi connectivity index (χ0n) is 9.81. The topological polar surface area (TPSA) is 37.3 Å². The lowest BCUT2D eigenvalue weighted by Gasteiger charge is -2.00. The van der Waals surface area contributed by atoms with Crippen LogP contribution in [0.5, 0.6) is 5.75 Å². The SMILES string of the molecule is O=C(C=Cc1ccc(Cl)cc1)c1ccc(Cl)cc1O. The number of rotatable bonds is 3. The standard InChI is InChI=1S/C15H10Cl2O2/c16-11-4-1-10(2-5-11)3-8-14(18)13-7-6-12(17)9-15(13)19/h1-9,19H. The Bertz CT molecular complexity index is 631. The van der Waals surface area contributed by atoms with Gasteiger partial charge in [-0.1, -0.05) is 41.4 Å². The van der Waals surface area contributed by atoms with Gasteiger partial charge in [0.25, 0.3) is 0 Å². The Morgan fingerprint density at radius 3 is 2.26 bits per heavy atom. The van der Waals surface area contributed by atoms with Crippen molar-refractivity contribution in [3.63, 3.8) is 0 Å². The van der Waals surface area contributed by atoms with E-state index in [1.165, 1.54) is 18.2 Å². The summed E-state index contributed by atoms with van der Waals surface area (Å²) in [5.74, 6) is -0.414. The molecule has 0 atom stereocenters. The first-order valence-electron chi connectivity index (χ1n) is 5.53. The molecule has 0 radical (unpaired) electrons. The number of halogens is 2. The quantitative estimate of drug-likeness (QED) is 0.663. The molecule has 0 aliphatic rings. The first-order chi connectivity index (χ1) is 9.06. The summed E-state index contributed by atoms with van der Waals surface area (Å²) in [6.07, 6.45) is 3.05. The molecule has 19 heavy (non-hydrogen) atoms. The van der Waals surface area contributed by atoms with Crippen LogP contribution in [0.25, 0.3) is 6.08 Å². The molecule has 4 heteroatoms. The zero-order chi connectivity index (χ0) is 13.8. The maximum atomic E-state index is 11.9. The van der Waals surface area contributed by atoms with Crippen LogP contribution in [-0.4, -0.2) is 10.9 Å². The van der Waals surface area contributed by atoms with Crippen LogP contribution in [0, 0.1) is 0 Å². The molecule has 2 aromatic carbocycles. The fraction of sp³-hybridized carbons (Fsp3) is 0. The molecular weight excluding hydrogens is 283 g/mol. The van der Waals surface area contributed by atoms with Crippen LogP contribution in [0.4, 0.5) is 0 Å². The summed E-state index contributed by atoms with van der Waals surface area (Å²) in [4.78, 5) is 11.9. The van der Waals surface area contributed by atoms with E-state index in [0.29, 0.717) is 10.0 Å². The second-order valence-corrected chi connectivity index (χ2v) is 4.78. The van der Waals surface area contributed by atoms with Gasteiger partial charge in [-0.3, -0.25) is 4.79 Å². The molecule has 0 aromatic heterocycles. The normalized spacial score (nSPS) is 10.8.